The minimum atomic E-state index is -0.616. The maximum atomic E-state index is 13.3. The number of aromatic nitrogens is 1. The maximum Gasteiger partial charge on any atom is 0.269 e. The molecule has 1 aromatic heterocycles. The van der Waals surface area contributed by atoms with E-state index in [1.165, 1.54) is 11.3 Å². The van der Waals surface area contributed by atoms with Crippen LogP contribution in [-0.2, 0) is 9.53 Å². The van der Waals surface area contributed by atoms with Crippen LogP contribution in [0.15, 0.2) is 48.5 Å². The number of benzene rings is 2. The van der Waals surface area contributed by atoms with Gasteiger partial charge in [-0.05, 0) is 56.5 Å². The van der Waals surface area contributed by atoms with Gasteiger partial charge in [0.15, 0.2) is 11.2 Å². The van der Waals surface area contributed by atoms with Crippen molar-refractivity contribution in [1.82, 2.24) is 4.98 Å². The van der Waals surface area contributed by atoms with Crippen molar-refractivity contribution in [3.8, 4) is 5.75 Å². The zero-order valence-corrected chi connectivity index (χ0v) is 16.9. The Hall–Kier alpha value is -2.44. The van der Waals surface area contributed by atoms with Crippen molar-refractivity contribution in [3.05, 3.63) is 54.1 Å². The number of thiazole rings is 1. The minimum Gasteiger partial charge on any atom is -0.481 e. The second-order valence-electron chi connectivity index (χ2n) is 7.12. The Balaban J connectivity index is 1.58. The Kier molecular flexibility index (Phi) is 5.59. The van der Waals surface area contributed by atoms with Gasteiger partial charge in [-0.1, -0.05) is 35.6 Å². The summed E-state index contributed by atoms with van der Waals surface area (Å²) in [6.45, 7) is 5.05. The number of amides is 1. The zero-order valence-electron chi connectivity index (χ0n) is 16.1. The predicted octanol–water partition coefficient (Wildman–Crippen LogP) is 4.58. The van der Waals surface area contributed by atoms with Gasteiger partial charge in [0.05, 0.1) is 22.9 Å². The van der Waals surface area contributed by atoms with Crippen LogP contribution in [0.4, 0.5) is 5.13 Å². The molecule has 1 aliphatic rings. The van der Waals surface area contributed by atoms with Gasteiger partial charge in [-0.2, -0.15) is 0 Å². The fourth-order valence-corrected chi connectivity index (χ4v) is 4.37. The van der Waals surface area contributed by atoms with Gasteiger partial charge in [-0.3, -0.25) is 9.69 Å². The summed E-state index contributed by atoms with van der Waals surface area (Å²) in [5, 5.41) is 0.696. The smallest absolute Gasteiger partial charge is 0.269 e. The van der Waals surface area contributed by atoms with Crippen molar-refractivity contribution in [2.75, 3.05) is 18.1 Å². The third-order valence-corrected chi connectivity index (χ3v) is 5.90. The fourth-order valence-electron chi connectivity index (χ4n) is 3.39. The van der Waals surface area contributed by atoms with Crippen molar-refractivity contribution in [3.63, 3.8) is 0 Å². The summed E-state index contributed by atoms with van der Waals surface area (Å²) < 4.78 is 12.8. The molecule has 0 spiro atoms. The second-order valence-corrected chi connectivity index (χ2v) is 8.13. The summed E-state index contributed by atoms with van der Waals surface area (Å²) in [5.74, 6) is 0.596. The van der Waals surface area contributed by atoms with E-state index in [4.69, 9.17) is 14.5 Å². The van der Waals surface area contributed by atoms with Crippen LogP contribution in [0.25, 0.3) is 10.2 Å². The number of anilines is 1. The summed E-state index contributed by atoms with van der Waals surface area (Å²) in [6.07, 6.45) is 1.42. The van der Waals surface area contributed by atoms with Crippen molar-refractivity contribution < 1.29 is 14.3 Å². The topological polar surface area (TPSA) is 51.7 Å². The highest BCUT2D eigenvalue weighted by molar-refractivity contribution is 7.22. The van der Waals surface area contributed by atoms with Crippen LogP contribution in [0.2, 0.25) is 0 Å². The first-order valence-corrected chi connectivity index (χ1v) is 10.4. The monoisotopic (exact) mass is 396 g/mol. The molecule has 2 heterocycles. The molecule has 1 saturated heterocycles. The Morgan fingerprint density at radius 3 is 2.93 bits per heavy atom. The highest BCUT2D eigenvalue weighted by Gasteiger charge is 2.30. The third kappa shape index (κ3) is 4.18. The molecule has 1 fully saturated rings. The van der Waals surface area contributed by atoms with Gasteiger partial charge < -0.3 is 9.47 Å². The Bertz CT molecular complexity index is 932. The lowest BCUT2D eigenvalue weighted by atomic mass is 10.2. The van der Waals surface area contributed by atoms with E-state index >= 15 is 0 Å². The molecule has 0 bridgehead atoms. The number of fused-ring (bicyclic) bond motifs is 1. The SMILES string of the molecule is Cc1cccc(OC(C)C(=O)N(CC2CCCO2)c2nc3ccccc3s2)c1. The van der Waals surface area contributed by atoms with Crippen LogP contribution in [0.3, 0.4) is 0 Å². The molecule has 0 aliphatic carbocycles. The molecule has 3 aromatic rings. The van der Waals surface area contributed by atoms with Gasteiger partial charge in [0, 0.05) is 6.61 Å². The first kappa shape index (κ1) is 18.9. The summed E-state index contributed by atoms with van der Waals surface area (Å²) in [6, 6.07) is 15.7. The van der Waals surface area contributed by atoms with E-state index < -0.39 is 6.10 Å². The number of nitrogens with zero attached hydrogens (tertiary/aromatic N) is 2. The Labute approximate surface area is 168 Å². The van der Waals surface area contributed by atoms with Gasteiger partial charge in [0.25, 0.3) is 5.91 Å². The van der Waals surface area contributed by atoms with E-state index in [2.05, 4.69) is 0 Å². The van der Waals surface area contributed by atoms with E-state index in [0.717, 1.165) is 35.2 Å². The van der Waals surface area contributed by atoms with Crippen LogP contribution < -0.4 is 9.64 Å². The van der Waals surface area contributed by atoms with E-state index in [0.29, 0.717) is 17.4 Å². The maximum absolute atomic E-state index is 13.3. The molecular weight excluding hydrogens is 372 g/mol. The molecule has 146 valence electrons. The average Bonchev–Trinajstić information content (AvgIpc) is 3.34. The van der Waals surface area contributed by atoms with E-state index in [9.17, 15) is 4.79 Å². The molecule has 0 saturated carbocycles. The lowest BCUT2D eigenvalue weighted by molar-refractivity contribution is -0.125. The average molecular weight is 397 g/mol. The van der Waals surface area contributed by atoms with Crippen LogP contribution in [0.5, 0.6) is 5.75 Å². The summed E-state index contributed by atoms with van der Waals surface area (Å²) >= 11 is 1.53. The van der Waals surface area contributed by atoms with E-state index in [1.54, 1.807) is 11.8 Å². The zero-order chi connectivity index (χ0) is 19.5. The lowest BCUT2D eigenvalue weighted by Crippen LogP contribution is -2.44. The molecule has 0 radical (unpaired) electrons. The molecular formula is C22H24N2O3S. The first-order valence-electron chi connectivity index (χ1n) is 9.62. The fraction of sp³-hybridized carbons (Fsp3) is 0.364. The van der Waals surface area contributed by atoms with Gasteiger partial charge in [0.1, 0.15) is 5.75 Å². The molecule has 28 heavy (non-hydrogen) atoms. The number of hydrogen-bond acceptors (Lipinski definition) is 5. The summed E-state index contributed by atoms with van der Waals surface area (Å²) in [5.41, 5.74) is 2.00. The summed E-state index contributed by atoms with van der Waals surface area (Å²) in [7, 11) is 0. The number of carbonyl (C=O) groups excluding carboxylic acids is 1. The third-order valence-electron chi connectivity index (χ3n) is 4.84. The molecule has 4 rings (SSSR count). The molecule has 2 atom stereocenters. The minimum absolute atomic E-state index is 0.0436. The number of carbonyl (C=O) groups is 1. The summed E-state index contributed by atoms with van der Waals surface area (Å²) in [4.78, 5) is 19.7. The number of aryl methyl sites for hydroxylation is 1. The molecule has 6 heteroatoms. The predicted molar refractivity (Wildman–Crippen MR) is 112 cm³/mol. The number of rotatable bonds is 6. The standard InChI is InChI=1S/C22H24N2O3S/c1-15-7-5-8-17(13-15)27-16(2)21(25)24(14-18-9-6-12-26-18)22-23-19-10-3-4-11-20(19)28-22/h3-5,7-8,10-11,13,16,18H,6,9,12,14H2,1-2H3. The van der Waals surface area contributed by atoms with E-state index in [1.807, 2.05) is 55.5 Å². The Morgan fingerprint density at radius 2 is 2.18 bits per heavy atom. The normalized spacial score (nSPS) is 17.6. The van der Waals surface area contributed by atoms with Crippen LogP contribution in [-0.4, -0.2) is 36.3 Å². The molecule has 1 aliphatic heterocycles. The van der Waals surface area contributed by atoms with Crippen molar-refractivity contribution in [1.29, 1.82) is 0 Å². The molecule has 1 amide bonds. The van der Waals surface area contributed by atoms with Crippen LogP contribution in [0.1, 0.15) is 25.3 Å². The largest absolute Gasteiger partial charge is 0.481 e. The molecule has 2 aromatic carbocycles. The van der Waals surface area contributed by atoms with Gasteiger partial charge in [-0.25, -0.2) is 4.98 Å². The number of hydrogen-bond donors (Lipinski definition) is 0. The van der Waals surface area contributed by atoms with Gasteiger partial charge in [-0.15, -0.1) is 0 Å². The number of para-hydroxylation sites is 1. The van der Waals surface area contributed by atoms with Crippen LogP contribution in [0, 0.1) is 6.92 Å². The second kappa shape index (κ2) is 8.29. The number of ether oxygens (including phenoxy) is 2. The van der Waals surface area contributed by atoms with Crippen molar-refractivity contribution in [2.45, 2.75) is 38.9 Å². The van der Waals surface area contributed by atoms with Crippen LogP contribution >= 0.6 is 11.3 Å². The molecule has 5 nitrogen and oxygen atoms in total. The highest BCUT2D eigenvalue weighted by atomic mass is 32.1. The van der Waals surface area contributed by atoms with Gasteiger partial charge >= 0.3 is 0 Å². The molecule has 2 unspecified atom stereocenters. The van der Waals surface area contributed by atoms with Crippen molar-refractivity contribution >= 4 is 32.6 Å². The van der Waals surface area contributed by atoms with Crippen molar-refractivity contribution in [2.24, 2.45) is 0 Å². The highest BCUT2D eigenvalue weighted by Crippen LogP contribution is 2.30. The Morgan fingerprint density at radius 1 is 1.32 bits per heavy atom. The first-order chi connectivity index (χ1) is 13.6. The lowest BCUT2D eigenvalue weighted by Gasteiger charge is -2.26. The molecule has 0 N–H and O–H groups in total. The van der Waals surface area contributed by atoms with E-state index in [-0.39, 0.29) is 12.0 Å². The van der Waals surface area contributed by atoms with Gasteiger partial charge in [0.2, 0.25) is 0 Å². The quantitative estimate of drug-likeness (QED) is 0.612.